The molecule has 0 saturated carbocycles. The molecule has 0 bridgehead atoms. The van der Waals surface area contributed by atoms with Crippen molar-refractivity contribution < 1.29 is 8.78 Å². The van der Waals surface area contributed by atoms with E-state index in [2.05, 4.69) is 25.6 Å². The number of halogens is 2. The fourth-order valence-electron chi connectivity index (χ4n) is 1.08. The molecule has 0 unspecified atom stereocenters. The van der Waals surface area contributed by atoms with Crippen LogP contribution in [0.3, 0.4) is 0 Å². The number of benzene rings is 1. The van der Waals surface area contributed by atoms with Crippen LogP contribution in [0.2, 0.25) is 0 Å². The van der Waals surface area contributed by atoms with Gasteiger partial charge in [0.05, 0.1) is 13.0 Å². The van der Waals surface area contributed by atoms with Crippen LogP contribution in [-0.4, -0.2) is 7.18 Å². The number of hydrogen-bond acceptors (Lipinski definition) is 1. The van der Waals surface area contributed by atoms with Gasteiger partial charge >= 0.3 is 0 Å². The predicted octanol–water partition coefficient (Wildman–Crippen LogP) is 4.86. The smallest absolute Gasteiger partial charge is 0.0975 e. The fourth-order valence-corrected chi connectivity index (χ4v) is 1.08. The molecule has 0 aromatic heterocycles. The first kappa shape index (κ1) is 19.4. The minimum Gasteiger partial charge on any atom is -0.402 e. The van der Waals surface area contributed by atoms with Crippen LogP contribution in [0.15, 0.2) is 66.2 Å². The summed E-state index contributed by atoms with van der Waals surface area (Å²) in [5.74, 6) is -0.264. The molecule has 0 aliphatic carbocycles. The summed E-state index contributed by atoms with van der Waals surface area (Å²) in [5, 5.41) is 0. The van der Waals surface area contributed by atoms with Crippen molar-refractivity contribution in [3.63, 3.8) is 0 Å². The van der Waals surface area contributed by atoms with Gasteiger partial charge in [-0.25, -0.2) is 4.39 Å². The molecule has 0 aliphatic rings. The van der Waals surface area contributed by atoms with Gasteiger partial charge in [-0.2, -0.15) is 0 Å². The van der Waals surface area contributed by atoms with Crippen molar-refractivity contribution in [1.29, 1.82) is 0 Å². The Labute approximate surface area is 115 Å². The minimum absolute atomic E-state index is 0.264. The van der Waals surface area contributed by atoms with E-state index in [-0.39, 0.29) is 5.83 Å². The van der Waals surface area contributed by atoms with Gasteiger partial charge in [0.1, 0.15) is 0 Å². The average Bonchev–Trinajstić information content (AvgIpc) is 2.39. The second-order valence-corrected chi connectivity index (χ2v) is 3.73. The van der Waals surface area contributed by atoms with Gasteiger partial charge in [-0.15, -0.1) is 0 Å². The quantitative estimate of drug-likeness (QED) is 0.761. The second-order valence-electron chi connectivity index (χ2n) is 3.73. The lowest BCUT2D eigenvalue weighted by atomic mass is 10.2. The van der Waals surface area contributed by atoms with E-state index in [0.717, 1.165) is 0 Å². The number of nitrogens with two attached hydrogens (primary N) is 1. The minimum atomic E-state index is -0.264. The van der Waals surface area contributed by atoms with Crippen molar-refractivity contribution in [2.45, 2.75) is 20.8 Å². The molecule has 1 nitrogen and oxygen atoms in total. The lowest BCUT2D eigenvalue weighted by Crippen LogP contribution is -1.94. The van der Waals surface area contributed by atoms with Crippen LogP contribution in [0.5, 0.6) is 0 Å². The van der Waals surface area contributed by atoms with Crippen LogP contribution >= 0.6 is 0 Å². The first-order valence-electron chi connectivity index (χ1n) is 5.79. The zero-order valence-electron chi connectivity index (χ0n) is 12.1. The van der Waals surface area contributed by atoms with E-state index < -0.39 is 0 Å². The van der Waals surface area contributed by atoms with Gasteiger partial charge < -0.3 is 5.73 Å². The normalized spacial score (nSPS) is 11.2. The first-order chi connectivity index (χ1) is 8.97. The molecule has 0 aliphatic heterocycles. The van der Waals surface area contributed by atoms with Crippen LogP contribution in [0, 0.1) is 6.92 Å². The maximum Gasteiger partial charge on any atom is 0.0975 e. The number of allylic oxidation sites excluding steroid dienone is 5. The lowest BCUT2D eigenvalue weighted by molar-refractivity contribution is 0.636. The highest BCUT2D eigenvalue weighted by Crippen LogP contribution is 2.06. The third kappa shape index (κ3) is 12.3. The molecular formula is C16H23F2N. The van der Waals surface area contributed by atoms with Gasteiger partial charge in [0.15, 0.2) is 0 Å². The van der Waals surface area contributed by atoms with E-state index in [1.165, 1.54) is 24.6 Å². The summed E-state index contributed by atoms with van der Waals surface area (Å²) >= 11 is 0. The van der Waals surface area contributed by atoms with Gasteiger partial charge in [0.2, 0.25) is 0 Å². The Kier molecular flexibility index (Phi) is 12.8. The topological polar surface area (TPSA) is 26.0 Å². The number of rotatable bonds is 2. The molecule has 19 heavy (non-hydrogen) atoms. The molecule has 1 rings (SSSR count). The van der Waals surface area contributed by atoms with Crippen molar-refractivity contribution in [1.82, 2.24) is 0 Å². The number of aryl methyl sites for hydroxylation is 1. The van der Waals surface area contributed by atoms with E-state index in [4.69, 9.17) is 5.73 Å². The predicted molar refractivity (Wildman–Crippen MR) is 80.2 cm³/mol. The van der Waals surface area contributed by atoms with Crippen LogP contribution in [-0.2, 0) is 0 Å². The van der Waals surface area contributed by atoms with E-state index in [1.54, 1.807) is 6.92 Å². The molecule has 0 amide bonds. The highest BCUT2D eigenvalue weighted by molar-refractivity contribution is 5.33. The third-order valence-electron chi connectivity index (χ3n) is 1.97. The molecule has 0 atom stereocenters. The van der Waals surface area contributed by atoms with Crippen molar-refractivity contribution in [3.05, 3.63) is 71.7 Å². The standard InChI is InChI=1S/C8H12FN.C7H8.CH3F/c1-4-8(7(3)10)5-6(2)9;1-7-5-3-2-4-6-7;1-2/h4-5H,1,10H2,2-3H3;2-6H,1H3;1H3/b6-5+,8-7+;;. The van der Waals surface area contributed by atoms with Crippen LogP contribution in [0.25, 0.3) is 0 Å². The van der Waals surface area contributed by atoms with Crippen molar-refractivity contribution >= 4 is 0 Å². The highest BCUT2D eigenvalue weighted by atomic mass is 19.1. The summed E-state index contributed by atoms with van der Waals surface area (Å²) in [5.41, 5.74) is 7.93. The molecule has 0 saturated heterocycles. The summed E-state index contributed by atoms with van der Waals surface area (Å²) in [6.07, 6.45) is 2.88. The zero-order valence-corrected chi connectivity index (χ0v) is 12.1. The third-order valence-corrected chi connectivity index (χ3v) is 1.97. The van der Waals surface area contributed by atoms with E-state index in [1.807, 2.05) is 18.2 Å². The van der Waals surface area contributed by atoms with Crippen molar-refractivity contribution in [2.75, 3.05) is 7.18 Å². The molecule has 2 N–H and O–H groups in total. The van der Waals surface area contributed by atoms with Crippen LogP contribution < -0.4 is 5.73 Å². The van der Waals surface area contributed by atoms with Crippen LogP contribution in [0.4, 0.5) is 8.78 Å². The maximum absolute atomic E-state index is 12.2. The average molecular weight is 267 g/mol. The van der Waals surface area contributed by atoms with Gasteiger partial charge in [0.25, 0.3) is 0 Å². The van der Waals surface area contributed by atoms with Gasteiger partial charge in [-0.05, 0) is 32.4 Å². The summed E-state index contributed by atoms with van der Waals surface area (Å²) in [6.45, 7) is 8.64. The zero-order chi connectivity index (χ0) is 15.3. The molecule has 106 valence electrons. The summed E-state index contributed by atoms with van der Waals surface area (Å²) in [7, 11) is 0.500. The largest absolute Gasteiger partial charge is 0.402 e. The Morgan fingerprint density at radius 1 is 1.16 bits per heavy atom. The lowest BCUT2D eigenvalue weighted by Gasteiger charge is -1.95. The Balaban J connectivity index is 0. The Morgan fingerprint density at radius 3 is 1.79 bits per heavy atom. The number of alkyl halides is 1. The first-order valence-corrected chi connectivity index (χ1v) is 5.79. The van der Waals surface area contributed by atoms with Crippen molar-refractivity contribution in [3.8, 4) is 0 Å². The molecular weight excluding hydrogens is 244 g/mol. The molecule has 0 fully saturated rings. The molecule has 1 aromatic carbocycles. The van der Waals surface area contributed by atoms with E-state index in [9.17, 15) is 8.78 Å². The van der Waals surface area contributed by atoms with Gasteiger partial charge in [0, 0.05) is 5.70 Å². The van der Waals surface area contributed by atoms with Gasteiger partial charge in [-0.3, -0.25) is 4.39 Å². The summed E-state index contributed by atoms with van der Waals surface area (Å²) in [4.78, 5) is 0. The number of hydrogen-bond donors (Lipinski definition) is 1. The van der Waals surface area contributed by atoms with Gasteiger partial charge in [-0.1, -0.05) is 48.6 Å². The molecule has 0 radical (unpaired) electrons. The monoisotopic (exact) mass is 267 g/mol. The molecule has 3 heteroatoms. The second kappa shape index (κ2) is 12.6. The Morgan fingerprint density at radius 2 is 1.63 bits per heavy atom. The fraction of sp³-hybridized carbons (Fsp3) is 0.250. The molecule has 0 heterocycles. The maximum atomic E-state index is 12.2. The Bertz CT molecular complexity index is 398. The SMILES string of the molecule is C=CC(/C=C(\C)F)=C(/C)N.CF.Cc1ccccc1. The van der Waals surface area contributed by atoms with Crippen LogP contribution in [0.1, 0.15) is 19.4 Å². The summed E-state index contributed by atoms with van der Waals surface area (Å²) in [6, 6.07) is 10.3. The summed E-state index contributed by atoms with van der Waals surface area (Å²) < 4.78 is 21.7. The van der Waals surface area contributed by atoms with Crippen molar-refractivity contribution in [2.24, 2.45) is 5.73 Å². The van der Waals surface area contributed by atoms with E-state index >= 15 is 0 Å². The molecule has 1 aromatic rings. The molecule has 0 spiro atoms. The highest BCUT2D eigenvalue weighted by Gasteiger charge is 1.90. The van der Waals surface area contributed by atoms with E-state index in [0.29, 0.717) is 18.4 Å². The Hall–Kier alpha value is -1.90.